The number of nitrogens with zero attached hydrogens (tertiary/aromatic N) is 6. The molecule has 0 amide bonds. The molecule has 25 heavy (non-hydrogen) atoms. The lowest BCUT2D eigenvalue weighted by Gasteiger charge is -2.21. The third kappa shape index (κ3) is 3.57. The SMILES string of the molecule is Cc1nnc2c(CN(Cc3ccccc3)Cc3ccns3)nccn12. The summed E-state index contributed by atoms with van der Waals surface area (Å²) < 4.78 is 6.20. The van der Waals surface area contributed by atoms with E-state index in [1.807, 2.05) is 36.0 Å². The Labute approximate surface area is 150 Å². The highest BCUT2D eigenvalue weighted by Crippen LogP contribution is 2.17. The van der Waals surface area contributed by atoms with Gasteiger partial charge in [0, 0.05) is 43.1 Å². The number of rotatable bonds is 6. The molecule has 0 saturated carbocycles. The average molecular weight is 350 g/mol. The zero-order valence-corrected chi connectivity index (χ0v) is 14.7. The van der Waals surface area contributed by atoms with Gasteiger partial charge in [-0.15, -0.1) is 10.2 Å². The standard InChI is InChI=1S/C18H18N6S/c1-14-21-22-18-17(19-9-10-24(14)18)13-23(12-16-7-8-20-25-16)11-15-5-3-2-4-6-15/h2-10H,11-13H2,1H3. The van der Waals surface area contributed by atoms with Gasteiger partial charge in [-0.05, 0) is 30.1 Å². The van der Waals surface area contributed by atoms with E-state index in [4.69, 9.17) is 0 Å². The van der Waals surface area contributed by atoms with Gasteiger partial charge in [-0.3, -0.25) is 14.3 Å². The van der Waals surface area contributed by atoms with E-state index in [1.165, 1.54) is 22.0 Å². The Morgan fingerprint density at radius 3 is 2.68 bits per heavy atom. The Bertz CT molecular complexity index is 948. The summed E-state index contributed by atoms with van der Waals surface area (Å²) in [4.78, 5) is 8.15. The molecule has 0 atom stereocenters. The number of fused-ring (bicyclic) bond motifs is 1. The first kappa shape index (κ1) is 15.9. The van der Waals surface area contributed by atoms with Crippen molar-refractivity contribution in [2.75, 3.05) is 0 Å². The molecule has 0 aliphatic carbocycles. The molecule has 126 valence electrons. The van der Waals surface area contributed by atoms with Gasteiger partial charge in [-0.25, -0.2) is 4.37 Å². The van der Waals surface area contributed by atoms with Crippen LogP contribution in [0.5, 0.6) is 0 Å². The second kappa shape index (κ2) is 7.08. The molecule has 0 aliphatic rings. The molecule has 6 nitrogen and oxygen atoms in total. The van der Waals surface area contributed by atoms with Gasteiger partial charge < -0.3 is 0 Å². The summed E-state index contributed by atoms with van der Waals surface area (Å²) in [7, 11) is 0. The first-order chi connectivity index (χ1) is 12.3. The van der Waals surface area contributed by atoms with Gasteiger partial charge in [0.1, 0.15) is 5.82 Å². The average Bonchev–Trinajstić information content (AvgIpc) is 3.27. The van der Waals surface area contributed by atoms with E-state index in [2.05, 4.69) is 54.8 Å². The lowest BCUT2D eigenvalue weighted by Crippen LogP contribution is -2.23. The van der Waals surface area contributed by atoms with Crippen molar-refractivity contribution in [3.8, 4) is 0 Å². The number of hydrogen-bond acceptors (Lipinski definition) is 6. The van der Waals surface area contributed by atoms with Crippen molar-refractivity contribution in [3.63, 3.8) is 0 Å². The minimum Gasteiger partial charge on any atom is -0.288 e. The van der Waals surface area contributed by atoms with Crippen molar-refractivity contribution in [1.29, 1.82) is 0 Å². The van der Waals surface area contributed by atoms with Crippen LogP contribution in [-0.2, 0) is 19.6 Å². The zero-order chi connectivity index (χ0) is 17.1. The molecule has 0 spiro atoms. The fraction of sp³-hybridized carbons (Fsp3) is 0.222. The predicted octanol–water partition coefficient (Wildman–Crippen LogP) is 3.09. The van der Waals surface area contributed by atoms with Crippen molar-refractivity contribution in [2.45, 2.75) is 26.6 Å². The molecule has 7 heteroatoms. The molecule has 0 aliphatic heterocycles. The predicted molar refractivity (Wildman–Crippen MR) is 97.0 cm³/mol. The molecule has 1 aromatic carbocycles. The highest BCUT2D eigenvalue weighted by Gasteiger charge is 2.14. The molecule has 0 saturated heterocycles. The summed E-state index contributed by atoms with van der Waals surface area (Å²) in [5.41, 5.74) is 3.03. The molecule has 3 aromatic heterocycles. The Kier molecular flexibility index (Phi) is 4.49. The number of aromatic nitrogens is 5. The highest BCUT2D eigenvalue weighted by molar-refractivity contribution is 7.05. The molecular formula is C18H18N6S. The maximum absolute atomic E-state index is 4.55. The Hall–Kier alpha value is -2.64. The van der Waals surface area contributed by atoms with Crippen LogP contribution in [0.25, 0.3) is 5.65 Å². The number of hydrogen-bond donors (Lipinski definition) is 0. The van der Waals surface area contributed by atoms with Crippen molar-refractivity contribution in [2.24, 2.45) is 0 Å². The Balaban J connectivity index is 1.62. The van der Waals surface area contributed by atoms with Gasteiger partial charge in [0.05, 0.1) is 5.69 Å². The van der Waals surface area contributed by atoms with E-state index in [9.17, 15) is 0 Å². The van der Waals surface area contributed by atoms with Crippen molar-refractivity contribution in [1.82, 2.24) is 28.9 Å². The molecule has 0 bridgehead atoms. The van der Waals surface area contributed by atoms with Crippen LogP contribution in [-0.4, -0.2) is 28.9 Å². The second-order valence-electron chi connectivity index (χ2n) is 5.92. The minimum absolute atomic E-state index is 0.704. The number of aryl methyl sites for hydroxylation is 1. The third-order valence-corrected chi connectivity index (χ3v) is 4.79. The first-order valence-corrected chi connectivity index (χ1v) is 8.88. The van der Waals surface area contributed by atoms with Crippen LogP contribution in [0.2, 0.25) is 0 Å². The highest BCUT2D eigenvalue weighted by atomic mass is 32.1. The topological polar surface area (TPSA) is 59.2 Å². The van der Waals surface area contributed by atoms with Crippen molar-refractivity contribution < 1.29 is 0 Å². The van der Waals surface area contributed by atoms with Crippen LogP contribution < -0.4 is 0 Å². The summed E-state index contributed by atoms with van der Waals surface area (Å²) in [5, 5.41) is 8.46. The van der Waals surface area contributed by atoms with Crippen LogP contribution in [0.15, 0.2) is 55.0 Å². The molecule has 0 N–H and O–H groups in total. The van der Waals surface area contributed by atoms with Crippen LogP contribution >= 0.6 is 11.5 Å². The quantitative estimate of drug-likeness (QED) is 0.535. The van der Waals surface area contributed by atoms with Gasteiger partial charge in [0.25, 0.3) is 0 Å². The van der Waals surface area contributed by atoms with Crippen LogP contribution in [0.4, 0.5) is 0 Å². The summed E-state index contributed by atoms with van der Waals surface area (Å²) in [5.74, 6) is 0.871. The Morgan fingerprint density at radius 1 is 1.00 bits per heavy atom. The van der Waals surface area contributed by atoms with Gasteiger partial charge in [-0.1, -0.05) is 30.3 Å². The monoisotopic (exact) mass is 350 g/mol. The molecule has 4 rings (SSSR count). The summed E-state index contributed by atoms with van der Waals surface area (Å²) >= 11 is 1.53. The van der Waals surface area contributed by atoms with E-state index in [0.717, 1.165) is 30.3 Å². The van der Waals surface area contributed by atoms with Crippen LogP contribution in [0.3, 0.4) is 0 Å². The van der Waals surface area contributed by atoms with Gasteiger partial charge in [0.15, 0.2) is 5.65 Å². The van der Waals surface area contributed by atoms with E-state index in [-0.39, 0.29) is 0 Å². The second-order valence-corrected chi connectivity index (χ2v) is 6.84. The maximum Gasteiger partial charge on any atom is 0.183 e. The summed E-state index contributed by atoms with van der Waals surface area (Å²) in [6.07, 6.45) is 5.56. The first-order valence-electron chi connectivity index (χ1n) is 8.10. The third-order valence-electron chi connectivity index (χ3n) is 4.06. The largest absolute Gasteiger partial charge is 0.288 e. The normalized spacial score (nSPS) is 11.4. The molecule has 3 heterocycles. The smallest absolute Gasteiger partial charge is 0.183 e. The van der Waals surface area contributed by atoms with E-state index >= 15 is 0 Å². The molecule has 0 radical (unpaired) electrons. The summed E-state index contributed by atoms with van der Waals surface area (Å²) in [6, 6.07) is 12.5. The van der Waals surface area contributed by atoms with Crippen molar-refractivity contribution >= 4 is 17.2 Å². The van der Waals surface area contributed by atoms with Gasteiger partial charge in [-0.2, -0.15) is 0 Å². The number of benzene rings is 1. The van der Waals surface area contributed by atoms with Crippen LogP contribution in [0, 0.1) is 6.92 Å². The lowest BCUT2D eigenvalue weighted by atomic mass is 10.2. The Morgan fingerprint density at radius 2 is 1.88 bits per heavy atom. The van der Waals surface area contributed by atoms with E-state index in [0.29, 0.717) is 6.54 Å². The van der Waals surface area contributed by atoms with Gasteiger partial charge in [0.2, 0.25) is 0 Å². The lowest BCUT2D eigenvalue weighted by molar-refractivity contribution is 0.247. The maximum atomic E-state index is 4.55. The minimum atomic E-state index is 0.704. The van der Waals surface area contributed by atoms with E-state index in [1.54, 1.807) is 0 Å². The summed E-state index contributed by atoms with van der Waals surface area (Å²) in [6.45, 7) is 4.32. The zero-order valence-electron chi connectivity index (χ0n) is 13.9. The fourth-order valence-corrected chi connectivity index (χ4v) is 3.49. The van der Waals surface area contributed by atoms with Gasteiger partial charge >= 0.3 is 0 Å². The van der Waals surface area contributed by atoms with E-state index < -0.39 is 0 Å². The molecule has 0 unspecified atom stereocenters. The van der Waals surface area contributed by atoms with Crippen molar-refractivity contribution in [3.05, 3.63) is 76.9 Å². The fourth-order valence-electron chi connectivity index (χ4n) is 2.87. The molecular weight excluding hydrogens is 332 g/mol. The molecule has 0 fully saturated rings. The van der Waals surface area contributed by atoms with Crippen LogP contribution in [0.1, 0.15) is 22.0 Å². The molecule has 4 aromatic rings.